The molecule has 5 heteroatoms. The molecule has 4 N–H and O–H groups in total. The summed E-state index contributed by atoms with van der Waals surface area (Å²) in [5.74, 6) is -0.0863. The maximum Gasteiger partial charge on any atom is 0.312 e. The maximum atomic E-state index is 12.0. The Labute approximate surface area is 103 Å². The number of urea groups is 1. The Morgan fingerprint density at radius 2 is 1.76 bits per heavy atom. The van der Waals surface area contributed by atoms with E-state index in [4.69, 9.17) is 5.73 Å². The second-order valence-corrected chi connectivity index (χ2v) is 5.07. The van der Waals surface area contributed by atoms with Crippen molar-refractivity contribution in [2.75, 3.05) is 0 Å². The van der Waals surface area contributed by atoms with E-state index in [-0.39, 0.29) is 17.9 Å². The number of carbonyl (C=O) groups is 2. The first-order chi connectivity index (χ1) is 8.00. The van der Waals surface area contributed by atoms with Crippen molar-refractivity contribution in [1.29, 1.82) is 0 Å². The van der Waals surface area contributed by atoms with Crippen molar-refractivity contribution < 1.29 is 9.59 Å². The smallest absolute Gasteiger partial charge is 0.312 e. The third kappa shape index (κ3) is 4.63. The predicted molar refractivity (Wildman–Crippen MR) is 66.4 cm³/mol. The summed E-state index contributed by atoms with van der Waals surface area (Å²) >= 11 is 0. The standard InChI is InChI=1S/C12H23N3O2/c1-8(2)10(15-12(13)17)11(16)14-9-6-4-3-5-7-9/h8-10H,3-7H2,1-2H3,(H,14,16)(H3,13,15,17)/t10-/m0/s1. The van der Waals surface area contributed by atoms with Gasteiger partial charge in [0.05, 0.1) is 0 Å². The number of primary amides is 1. The normalized spacial score (nSPS) is 18.8. The minimum atomic E-state index is -0.650. The van der Waals surface area contributed by atoms with Gasteiger partial charge in [-0.2, -0.15) is 0 Å². The Kier molecular flexibility index (Phi) is 5.25. The van der Waals surface area contributed by atoms with E-state index >= 15 is 0 Å². The summed E-state index contributed by atoms with van der Waals surface area (Å²) in [4.78, 5) is 22.8. The summed E-state index contributed by atoms with van der Waals surface area (Å²) in [5, 5.41) is 5.49. The lowest BCUT2D eigenvalue weighted by molar-refractivity contribution is -0.124. The number of rotatable bonds is 4. The Bertz CT molecular complexity index is 273. The molecule has 1 aliphatic carbocycles. The average molecular weight is 241 g/mol. The molecule has 0 aromatic rings. The molecule has 1 atom stereocenters. The highest BCUT2D eigenvalue weighted by molar-refractivity contribution is 5.86. The van der Waals surface area contributed by atoms with Crippen LogP contribution in [0.3, 0.4) is 0 Å². The maximum absolute atomic E-state index is 12.0. The highest BCUT2D eigenvalue weighted by Gasteiger charge is 2.25. The van der Waals surface area contributed by atoms with E-state index in [9.17, 15) is 9.59 Å². The summed E-state index contributed by atoms with van der Waals surface area (Å²) < 4.78 is 0. The monoisotopic (exact) mass is 241 g/mol. The van der Waals surface area contributed by atoms with Gasteiger partial charge < -0.3 is 16.4 Å². The number of carbonyl (C=O) groups excluding carboxylic acids is 2. The van der Waals surface area contributed by atoms with Gasteiger partial charge in [0.1, 0.15) is 6.04 Å². The van der Waals surface area contributed by atoms with E-state index in [1.54, 1.807) is 0 Å². The summed E-state index contributed by atoms with van der Waals surface area (Å²) in [7, 11) is 0. The van der Waals surface area contributed by atoms with Crippen LogP contribution in [0, 0.1) is 5.92 Å². The van der Waals surface area contributed by atoms with E-state index in [1.165, 1.54) is 19.3 Å². The zero-order valence-electron chi connectivity index (χ0n) is 10.7. The molecule has 17 heavy (non-hydrogen) atoms. The van der Waals surface area contributed by atoms with Crippen LogP contribution in [0.2, 0.25) is 0 Å². The highest BCUT2D eigenvalue weighted by Crippen LogP contribution is 2.17. The van der Waals surface area contributed by atoms with Crippen LogP contribution in [-0.4, -0.2) is 24.0 Å². The van der Waals surface area contributed by atoms with Gasteiger partial charge >= 0.3 is 6.03 Å². The zero-order valence-corrected chi connectivity index (χ0v) is 10.7. The van der Waals surface area contributed by atoms with Crippen LogP contribution in [0.4, 0.5) is 4.79 Å². The zero-order chi connectivity index (χ0) is 12.8. The second-order valence-electron chi connectivity index (χ2n) is 5.07. The molecule has 0 spiro atoms. The van der Waals surface area contributed by atoms with E-state index in [0.717, 1.165) is 12.8 Å². The first-order valence-electron chi connectivity index (χ1n) is 6.37. The van der Waals surface area contributed by atoms with E-state index in [2.05, 4.69) is 10.6 Å². The van der Waals surface area contributed by atoms with E-state index in [0.29, 0.717) is 0 Å². The fraction of sp³-hybridized carbons (Fsp3) is 0.833. The summed E-state index contributed by atoms with van der Waals surface area (Å²) in [5.41, 5.74) is 5.07. The lowest BCUT2D eigenvalue weighted by Crippen LogP contribution is -2.53. The van der Waals surface area contributed by atoms with Crippen LogP contribution in [0.15, 0.2) is 0 Å². The van der Waals surface area contributed by atoms with Crippen LogP contribution in [0.25, 0.3) is 0 Å². The molecular weight excluding hydrogens is 218 g/mol. The molecule has 0 bridgehead atoms. The number of nitrogens with two attached hydrogens (primary N) is 1. The van der Waals surface area contributed by atoms with E-state index < -0.39 is 12.1 Å². The van der Waals surface area contributed by atoms with Gasteiger partial charge in [-0.15, -0.1) is 0 Å². The lowest BCUT2D eigenvalue weighted by Gasteiger charge is -2.27. The van der Waals surface area contributed by atoms with Crippen molar-refractivity contribution in [3.8, 4) is 0 Å². The van der Waals surface area contributed by atoms with Crippen molar-refractivity contribution in [2.45, 2.75) is 58.0 Å². The fourth-order valence-corrected chi connectivity index (χ4v) is 2.23. The Morgan fingerprint density at radius 3 is 2.24 bits per heavy atom. The molecular formula is C12H23N3O2. The summed E-state index contributed by atoms with van der Waals surface area (Å²) in [6.45, 7) is 3.78. The molecule has 0 aromatic carbocycles. The molecule has 98 valence electrons. The Hall–Kier alpha value is -1.26. The molecule has 0 unspecified atom stereocenters. The van der Waals surface area contributed by atoms with Crippen LogP contribution in [0.5, 0.6) is 0 Å². The molecule has 1 rings (SSSR count). The molecule has 1 aliphatic rings. The van der Waals surface area contributed by atoms with Crippen molar-refractivity contribution in [3.63, 3.8) is 0 Å². The molecule has 0 saturated heterocycles. The largest absolute Gasteiger partial charge is 0.352 e. The lowest BCUT2D eigenvalue weighted by atomic mass is 9.94. The quantitative estimate of drug-likeness (QED) is 0.689. The van der Waals surface area contributed by atoms with Crippen molar-refractivity contribution >= 4 is 11.9 Å². The van der Waals surface area contributed by atoms with Crippen molar-refractivity contribution in [1.82, 2.24) is 10.6 Å². The van der Waals surface area contributed by atoms with Crippen molar-refractivity contribution in [3.05, 3.63) is 0 Å². The minimum absolute atomic E-state index is 0.0334. The molecule has 0 heterocycles. The Balaban J connectivity index is 2.49. The first-order valence-corrected chi connectivity index (χ1v) is 6.37. The van der Waals surface area contributed by atoms with Gasteiger partial charge in [-0.25, -0.2) is 4.79 Å². The number of hydrogen-bond donors (Lipinski definition) is 3. The van der Waals surface area contributed by atoms with Gasteiger partial charge in [0.25, 0.3) is 0 Å². The molecule has 5 nitrogen and oxygen atoms in total. The summed E-state index contributed by atoms with van der Waals surface area (Å²) in [6.07, 6.45) is 5.65. The van der Waals surface area contributed by atoms with Gasteiger partial charge in [-0.3, -0.25) is 4.79 Å². The van der Waals surface area contributed by atoms with Gasteiger partial charge in [0.15, 0.2) is 0 Å². The first kappa shape index (κ1) is 13.8. The topological polar surface area (TPSA) is 84.2 Å². The molecule has 0 aromatic heterocycles. The molecule has 1 fully saturated rings. The highest BCUT2D eigenvalue weighted by atomic mass is 16.2. The third-order valence-electron chi connectivity index (χ3n) is 3.20. The van der Waals surface area contributed by atoms with Crippen LogP contribution in [0.1, 0.15) is 46.0 Å². The number of amides is 3. The van der Waals surface area contributed by atoms with Crippen LogP contribution in [-0.2, 0) is 4.79 Å². The predicted octanol–water partition coefficient (Wildman–Crippen LogP) is 1.13. The average Bonchev–Trinajstić information content (AvgIpc) is 2.26. The van der Waals surface area contributed by atoms with Crippen LogP contribution < -0.4 is 16.4 Å². The molecule has 0 aliphatic heterocycles. The van der Waals surface area contributed by atoms with Crippen molar-refractivity contribution in [2.24, 2.45) is 11.7 Å². The number of nitrogens with one attached hydrogen (secondary N) is 2. The molecule has 3 amide bonds. The number of hydrogen-bond acceptors (Lipinski definition) is 2. The SMILES string of the molecule is CC(C)[C@H](NC(N)=O)C(=O)NC1CCCCC1. The molecule has 0 radical (unpaired) electrons. The van der Waals surface area contributed by atoms with Gasteiger partial charge in [0.2, 0.25) is 5.91 Å². The van der Waals surface area contributed by atoms with Gasteiger partial charge in [-0.1, -0.05) is 33.1 Å². The van der Waals surface area contributed by atoms with Gasteiger partial charge in [0, 0.05) is 6.04 Å². The van der Waals surface area contributed by atoms with Gasteiger partial charge in [-0.05, 0) is 18.8 Å². The third-order valence-corrected chi connectivity index (χ3v) is 3.20. The van der Waals surface area contributed by atoms with E-state index in [1.807, 2.05) is 13.8 Å². The van der Waals surface area contributed by atoms with Crippen LogP contribution >= 0.6 is 0 Å². The fourth-order valence-electron chi connectivity index (χ4n) is 2.23. The Morgan fingerprint density at radius 1 is 1.18 bits per heavy atom. The summed E-state index contributed by atoms with van der Waals surface area (Å²) in [6, 6.07) is -0.927. The minimum Gasteiger partial charge on any atom is -0.352 e. The second kappa shape index (κ2) is 6.47. The molecule has 1 saturated carbocycles.